The standard InChI is InChI=1S/C11H19N3O2/c1-8-6-9(14(5)12-8)7-13(4)11(2,3)10(15)16/h6H,7H2,1-5H3,(H,15,16). The van der Waals surface area contributed by atoms with Gasteiger partial charge in [0.15, 0.2) is 0 Å². The van der Waals surface area contributed by atoms with Gasteiger partial charge in [-0.25, -0.2) is 0 Å². The second-order valence-electron chi connectivity index (χ2n) is 4.62. The van der Waals surface area contributed by atoms with Gasteiger partial charge in [-0.3, -0.25) is 14.4 Å². The number of carboxylic acids is 1. The summed E-state index contributed by atoms with van der Waals surface area (Å²) in [7, 11) is 3.67. The monoisotopic (exact) mass is 225 g/mol. The number of nitrogens with zero attached hydrogens (tertiary/aromatic N) is 3. The maximum Gasteiger partial charge on any atom is 0.323 e. The van der Waals surface area contributed by atoms with Crippen molar-refractivity contribution in [2.45, 2.75) is 32.9 Å². The third-order valence-electron chi connectivity index (χ3n) is 2.98. The van der Waals surface area contributed by atoms with Gasteiger partial charge in [0.25, 0.3) is 0 Å². The van der Waals surface area contributed by atoms with Crippen LogP contribution in [0.1, 0.15) is 25.2 Å². The van der Waals surface area contributed by atoms with Crippen molar-refractivity contribution in [2.75, 3.05) is 7.05 Å². The Labute approximate surface area is 95.7 Å². The highest BCUT2D eigenvalue weighted by atomic mass is 16.4. The zero-order valence-corrected chi connectivity index (χ0v) is 10.5. The van der Waals surface area contributed by atoms with Crippen LogP contribution >= 0.6 is 0 Å². The van der Waals surface area contributed by atoms with Crippen LogP contribution in [0.25, 0.3) is 0 Å². The van der Waals surface area contributed by atoms with Gasteiger partial charge in [-0.1, -0.05) is 0 Å². The molecule has 1 aromatic heterocycles. The fourth-order valence-corrected chi connectivity index (χ4v) is 1.42. The first-order valence-electron chi connectivity index (χ1n) is 5.19. The Kier molecular flexibility index (Phi) is 3.38. The highest BCUT2D eigenvalue weighted by molar-refractivity contribution is 5.77. The normalized spacial score (nSPS) is 12.1. The van der Waals surface area contributed by atoms with E-state index in [9.17, 15) is 4.79 Å². The second-order valence-corrected chi connectivity index (χ2v) is 4.62. The topological polar surface area (TPSA) is 58.4 Å². The maximum atomic E-state index is 11.1. The summed E-state index contributed by atoms with van der Waals surface area (Å²) >= 11 is 0. The Morgan fingerprint density at radius 1 is 1.62 bits per heavy atom. The average molecular weight is 225 g/mol. The van der Waals surface area contributed by atoms with E-state index < -0.39 is 11.5 Å². The summed E-state index contributed by atoms with van der Waals surface area (Å²) < 4.78 is 1.78. The molecule has 0 radical (unpaired) electrons. The molecule has 5 nitrogen and oxygen atoms in total. The van der Waals surface area contributed by atoms with Crippen molar-refractivity contribution in [3.8, 4) is 0 Å². The van der Waals surface area contributed by atoms with Crippen molar-refractivity contribution in [1.29, 1.82) is 0 Å². The molecular weight excluding hydrogens is 206 g/mol. The van der Waals surface area contributed by atoms with E-state index in [1.165, 1.54) is 0 Å². The first-order valence-corrected chi connectivity index (χ1v) is 5.19. The molecule has 0 aromatic carbocycles. The van der Waals surface area contributed by atoms with Gasteiger partial charge in [-0.15, -0.1) is 0 Å². The van der Waals surface area contributed by atoms with E-state index in [0.717, 1.165) is 11.4 Å². The van der Waals surface area contributed by atoms with Gasteiger partial charge in [0.2, 0.25) is 0 Å². The van der Waals surface area contributed by atoms with Crippen molar-refractivity contribution in [1.82, 2.24) is 14.7 Å². The molecule has 1 aromatic rings. The van der Waals surface area contributed by atoms with Gasteiger partial charge in [-0.05, 0) is 33.9 Å². The molecule has 0 unspecified atom stereocenters. The third-order valence-corrected chi connectivity index (χ3v) is 2.98. The Bertz CT molecular complexity index is 396. The number of aromatic nitrogens is 2. The number of aliphatic carboxylic acids is 1. The molecule has 1 N–H and O–H groups in total. The minimum absolute atomic E-state index is 0.566. The van der Waals surface area contributed by atoms with E-state index in [0.29, 0.717) is 6.54 Å². The van der Waals surface area contributed by atoms with Crippen LogP contribution in [0.2, 0.25) is 0 Å². The van der Waals surface area contributed by atoms with Crippen LogP contribution in [0.15, 0.2) is 6.07 Å². The molecule has 0 fully saturated rings. The lowest BCUT2D eigenvalue weighted by molar-refractivity contribution is -0.148. The molecule has 0 amide bonds. The van der Waals surface area contributed by atoms with Gasteiger partial charge in [0.1, 0.15) is 5.54 Å². The Morgan fingerprint density at radius 3 is 2.56 bits per heavy atom. The predicted octanol–water partition coefficient (Wildman–Crippen LogP) is 1.02. The molecule has 0 spiro atoms. The van der Waals surface area contributed by atoms with Crippen LogP contribution in [0.4, 0.5) is 0 Å². The maximum absolute atomic E-state index is 11.1. The van der Waals surface area contributed by atoms with Gasteiger partial charge >= 0.3 is 5.97 Å². The lowest BCUT2D eigenvalue weighted by atomic mass is 10.0. The molecule has 0 atom stereocenters. The van der Waals surface area contributed by atoms with Crippen LogP contribution < -0.4 is 0 Å². The number of aryl methyl sites for hydroxylation is 2. The van der Waals surface area contributed by atoms with E-state index in [2.05, 4.69) is 5.10 Å². The molecule has 0 saturated carbocycles. The molecule has 0 saturated heterocycles. The summed E-state index contributed by atoms with van der Waals surface area (Å²) in [6.07, 6.45) is 0. The summed E-state index contributed by atoms with van der Waals surface area (Å²) in [6.45, 7) is 5.87. The molecule has 1 heterocycles. The van der Waals surface area contributed by atoms with E-state index in [4.69, 9.17) is 5.11 Å². The van der Waals surface area contributed by atoms with Crippen molar-refractivity contribution < 1.29 is 9.90 Å². The second kappa shape index (κ2) is 4.25. The Balaban J connectivity index is 2.82. The lowest BCUT2D eigenvalue weighted by Crippen LogP contribution is -2.47. The fourth-order valence-electron chi connectivity index (χ4n) is 1.42. The molecular formula is C11H19N3O2. The molecule has 16 heavy (non-hydrogen) atoms. The first-order chi connectivity index (χ1) is 7.25. The molecule has 0 aliphatic heterocycles. The van der Waals surface area contributed by atoms with Gasteiger partial charge in [0.05, 0.1) is 11.4 Å². The SMILES string of the molecule is Cc1cc(CN(C)C(C)(C)C(=O)O)n(C)n1. The van der Waals surface area contributed by atoms with Crippen molar-refractivity contribution in [3.63, 3.8) is 0 Å². The van der Waals surface area contributed by atoms with Gasteiger partial charge in [0, 0.05) is 13.6 Å². The summed E-state index contributed by atoms with van der Waals surface area (Å²) in [4.78, 5) is 12.9. The Morgan fingerprint density at radius 2 is 2.19 bits per heavy atom. The van der Waals surface area contributed by atoms with Crippen LogP contribution in [0.3, 0.4) is 0 Å². The average Bonchev–Trinajstić information content (AvgIpc) is 2.44. The molecule has 0 aliphatic rings. The first kappa shape index (κ1) is 12.7. The lowest BCUT2D eigenvalue weighted by Gasteiger charge is -2.31. The van der Waals surface area contributed by atoms with E-state index >= 15 is 0 Å². The minimum atomic E-state index is -0.877. The van der Waals surface area contributed by atoms with E-state index in [1.54, 1.807) is 30.5 Å². The molecule has 5 heteroatoms. The summed E-state index contributed by atoms with van der Waals surface area (Å²) in [5, 5.41) is 13.3. The van der Waals surface area contributed by atoms with Gasteiger partial charge < -0.3 is 5.11 Å². The molecule has 1 rings (SSSR count). The number of likely N-dealkylation sites (N-methyl/N-ethyl adjacent to an activating group) is 1. The number of carboxylic acid groups (broad SMARTS) is 1. The highest BCUT2D eigenvalue weighted by Gasteiger charge is 2.32. The highest BCUT2D eigenvalue weighted by Crippen LogP contribution is 2.16. The van der Waals surface area contributed by atoms with E-state index in [-0.39, 0.29) is 0 Å². The number of hydrogen-bond donors (Lipinski definition) is 1. The van der Waals surface area contributed by atoms with Gasteiger partial charge in [-0.2, -0.15) is 5.10 Å². The number of hydrogen-bond acceptors (Lipinski definition) is 3. The molecule has 90 valence electrons. The van der Waals surface area contributed by atoms with Crippen LogP contribution in [0, 0.1) is 6.92 Å². The van der Waals surface area contributed by atoms with Crippen molar-refractivity contribution in [2.24, 2.45) is 7.05 Å². The largest absolute Gasteiger partial charge is 0.480 e. The van der Waals surface area contributed by atoms with Crippen LogP contribution in [0.5, 0.6) is 0 Å². The fraction of sp³-hybridized carbons (Fsp3) is 0.636. The zero-order valence-electron chi connectivity index (χ0n) is 10.5. The summed E-state index contributed by atoms with van der Waals surface area (Å²) in [6, 6.07) is 1.97. The van der Waals surface area contributed by atoms with Crippen LogP contribution in [-0.4, -0.2) is 38.3 Å². The minimum Gasteiger partial charge on any atom is -0.480 e. The quantitative estimate of drug-likeness (QED) is 0.831. The number of rotatable bonds is 4. The smallest absolute Gasteiger partial charge is 0.323 e. The Hall–Kier alpha value is -1.36. The van der Waals surface area contributed by atoms with Crippen molar-refractivity contribution in [3.05, 3.63) is 17.5 Å². The van der Waals surface area contributed by atoms with Crippen molar-refractivity contribution >= 4 is 5.97 Å². The molecule has 0 aliphatic carbocycles. The third kappa shape index (κ3) is 2.41. The van der Waals surface area contributed by atoms with Crippen LogP contribution in [-0.2, 0) is 18.4 Å². The summed E-state index contributed by atoms with van der Waals surface area (Å²) in [5.41, 5.74) is 1.08. The summed E-state index contributed by atoms with van der Waals surface area (Å²) in [5.74, 6) is -0.825. The molecule has 0 bridgehead atoms. The zero-order chi connectivity index (χ0) is 12.5. The number of carbonyl (C=O) groups is 1. The van der Waals surface area contributed by atoms with E-state index in [1.807, 2.05) is 20.0 Å². The predicted molar refractivity (Wildman–Crippen MR) is 61.1 cm³/mol.